The molecule has 0 aliphatic heterocycles. The summed E-state index contributed by atoms with van der Waals surface area (Å²) in [6.45, 7) is 4.97. The van der Waals surface area contributed by atoms with Gasteiger partial charge in [-0.05, 0) is 113 Å². The van der Waals surface area contributed by atoms with Crippen LogP contribution in [0.3, 0.4) is 0 Å². The molecule has 0 radical (unpaired) electrons. The highest BCUT2D eigenvalue weighted by Gasteiger charge is 2.57. The molecule has 47 heavy (non-hydrogen) atoms. The first-order chi connectivity index (χ1) is 23.1. The lowest BCUT2D eigenvalue weighted by Gasteiger charge is -2.54. The van der Waals surface area contributed by atoms with Crippen LogP contribution in [0.4, 0.5) is 0 Å². The molecule has 0 saturated heterocycles. The molecule has 2 aromatic heterocycles. The SMILES string of the molecule is CCC1CC2CC(C)C3(c4cc(-c5nc6c(nc5-c5ccccc5)oc5ccccc56)ccc4-c4cc5ccccc5cc43)C(C1)C2. The molecule has 1 spiro atoms. The van der Waals surface area contributed by atoms with Crippen molar-refractivity contribution in [2.24, 2.45) is 23.7 Å². The molecule has 3 aliphatic carbocycles. The number of aromatic nitrogens is 2. The molecule has 230 valence electrons. The Morgan fingerprint density at radius 2 is 1.43 bits per heavy atom. The molecule has 3 aliphatic rings. The van der Waals surface area contributed by atoms with Gasteiger partial charge in [-0.1, -0.05) is 99.1 Å². The Bertz CT molecular complexity index is 2350. The number of benzene rings is 5. The summed E-state index contributed by atoms with van der Waals surface area (Å²) in [7, 11) is 0. The molecule has 2 bridgehead atoms. The topological polar surface area (TPSA) is 38.9 Å². The van der Waals surface area contributed by atoms with E-state index in [1.807, 2.05) is 12.1 Å². The van der Waals surface area contributed by atoms with Gasteiger partial charge in [0, 0.05) is 21.9 Å². The van der Waals surface area contributed by atoms with Gasteiger partial charge in [-0.15, -0.1) is 0 Å². The fourth-order valence-corrected chi connectivity index (χ4v) is 10.3. The van der Waals surface area contributed by atoms with Crippen LogP contribution < -0.4 is 0 Å². The third-order valence-electron chi connectivity index (χ3n) is 12.2. The van der Waals surface area contributed by atoms with Gasteiger partial charge in [-0.2, -0.15) is 0 Å². The van der Waals surface area contributed by atoms with Crippen molar-refractivity contribution >= 4 is 33.0 Å². The second kappa shape index (κ2) is 10.1. The number of nitrogens with zero attached hydrogens (tertiary/aromatic N) is 2. The fraction of sp³-hybridized carbons (Fsp3) is 0.273. The lowest BCUT2D eigenvalue weighted by molar-refractivity contribution is 0.0369. The highest BCUT2D eigenvalue weighted by molar-refractivity contribution is 6.03. The minimum Gasteiger partial charge on any atom is -0.436 e. The van der Waals surface area contributed by atoms with Gasteiger partial charge in [0.05, 0.1) is 5.69 Å². The average Bonchev–Trinajstić information content (AvgIpc) is 3.62. The predicted octanol–water partition coefficient (Wildman–Crippen LogP) is 11.6. The monoisotopic (exact) mass is 610 g/mol. The Labute approximate surface area is 275 Å². The third kappa shape index (κ3) is 3.86. The first kappa shape index (κ1) is 27.4. The van der Waals surface area contributed by atoms with E-state index in [1.165, 1.54) is 59.6 Å². The first-order valence-electron chi connectivity index (χ1n) is 17.5. The van der Waals surface area contributed by atoms with Crippen molar-refractivity contribution in [1.82, 2.24) is 9.97 Å². The number of hydrogen-bond acceptors (Lipinski definition) is 3. The third-order valence-corrected chi connectivity index (χ3v) is 12.2. The maximum absolute atomic E-state index is 6.26. The molecular formula is C44H38N2O. The zero-order valence-electron chi connectivity index (χ0n) is 27.0. The Kier molecular flexibility index (Phi) is 5.89. The van der Waals surface area contributed by atoms with Gasteiger partial charge in [0.1, 0.15) is 16.8 Å². The maximum atomic E-state index is 6.26. The number of furan rings is 1. The molecule has 0 amide bonds. The Morgan fingerprint density at radius 3 is 2.28 bits per heavy atom. The molecule has 5 atom stereocenters. The van der Waals surface area contributed by atoms with Crippen molar-refractivity contribution in [3.05, 3.63) is 120 Å². The molecule has 3 nitrogen and oxygen atoms in total. The van der Waals surface area contributed by atoms with Crippen LogP contribution in [0, 0.1) is 23.7 Å². The molecule has 2 saturated carbocycles. The highest BCUT2D eigenvalue weighted by atomic mass is 16.3. The number of hydrogen-bond donors (Lipinski definition) is 0. The minimum atomic E-state index is -0.0121. The van der Waals surface area contributed by atoms with Crippen molar-refractivity contribution in [1.29, 1.82) is 0 Å². The van der Waals surface area contributed by atoms with Crippen LogP contribution in [0.2, 0.25) is 0 Å². The van der Waals surface area contributed by atoms with Crippen LogP contribution in [-0.4, -0.2) is 9.97 Å². The van der Waals surface area contributed by atoms with Gasteiger partial charge in [0.15, 0.2) is 0 Å². The van der Waals surface area contributed by atoms with Crippen LogP contribution >= 0.6 is 0 Å². The summed E-state index contributed by atoms with van der Waals surface area (Å²) < 4.78 is 6.26. The number of para-hydroxylation sites is 1. The molecule has 7 aromatic rings. The van der Waals surface area contributed by atoms with Crippen molar-refractivity contribution < 1.29 is 4.42 Å². The predicted molar refractivity (Wildman–Crippen MR) is 192 cm³/mol. The Morgan fingerprint density at radius 1 is 0.681 bits per heavy atom. The smallest absolute Gasteiger partial charge is 0.246 e. The van der Waals surface area contributed by atoms with Gasteiger partial charge in [0.25, 0.3) is 0 Å². The zero-order chi connectivity index (χ0) is 31.3. The van der Waals surface area contributed by atoms with Crippen molar-refractivity contribution in [2.45, 2.75) is 51.4 Å². The van der Waals surface area contributed by atoms with E-state index in [9.17, 15) is 0 Å². The number of fused-ring (bicyclic) bond motifs is 12. The molecule has 2 fully saturated rings. The van der Waals surface area contributed by atoms with E-state index >= 15 is 0 Å². The lowest BCUT2D eigenvalue weighted by atomic mass is 9.49. The molecule has 5 unspecified atom stereocenters. The van der Waals surface area contributed by atoms with E-state index in [-0.39, 0.29) is 5.41 Å². The van der Waals surface area contributed by atoms with Crippen LogP contribution in [0.1, 0.15) is 57.1 Å². The molecule has 2 heterocycles. The summed E-state index contributed by atoms with van der Waals surface area (Å²) in [4.78, 5) is 10.6. The van der Waals surface area contributed by atoms with E-state index in [0.717, 1.165) is 50.8 Å². The lowest BCUT2D eigenvalue weighted by Crippen LogP contribution is -2.49. The molecule has 5 aromatic carbocycles. The quantitative estimate of drug-likeness (QED) is 0.200. The number of rotatable bonds is 3. The van der Waals surface area contributed by atoms with Crippen molar-refractivity contribution in [2.75, 3.05) is 0 Å². The average molecular weight is 611 g/mol. The molecule has 3 heteroatoms. The van der Waals surface area contributed by atoms with Gasteiger partial charge < -0.3 is 4.42 Å². The van der Waals surface area contributed by atoms with E-state index in [1.54, 1.807) is 5.56 Å². The first-order valence-corrected chi connectivity index (χ1v) is 17.5. The molecule has 10 rings (SSSR count). The summed E-state index contributed by atoms with van der Waals surface area (Å²) in [5.41, 5.74) is 12.1. The van der Waals surface area contributed by atoms with Crippen molar-refractivity contribution in [3.8, 4) is 33.6 Å². The van der Waals surface area contributed by atoms with Crippen LogP contribution in [0.25, 0.3) is 66.6 Å². The summed E-state index contributed by atoms with van der Waals surface area (Å²) in [6.07, 6.45) is 6.63. The van der Waals surface area contributed by atoms with E-state index in [0.29, 0.717) is 17.5 Å². The minimum absolute atomic E-state index is 0.0121. The zero-order valence-corrected chi connectivity index (χ0v) is 27.0. The summed E-state index contributed by atoms with van der Waals surface area (Å²) in [6, 6.07) is 39.8. The van der Waals surface area contributed by atoms with Crippen molar-refractivity contribution in [3.63, 3.8) is 0 Å². The molecular weight excluding hydrogens is 572 g/mol. The fourth-order valence-electron chi connectivity index (χ4n) is 10.3. The van der Waals surface area contributed by atoms with Gasteiger partial charge in [-0.25, -0.2) is 9.97 Å². The highest BCUT2D eigenvalue weighted by Crippen LogP contribution is 2.65. The maximum Gasteiger partial charge on any atom is 0.246 e. The largest absolute Gasteiger partial charge is 0.436 e. The van der Waals surface area contributed by atoms with Crippen LogP contribution in [-0.2, 0) is 5.41 Å². The van der Waals surface area contributed by atoms with Gasteiger partial charge in [-0.3, -0.25) is 0 Å². The standard InChI is InChI=1S/C44H38N2O/c1-3-27-20-28-19-26(2)44(33(21-27)22-28)37-25-32(17-18-34(37)36-23-30-13-7-8-14-31(30)24-38(36)44)41-40(29-11-5-4-6-12-29)46-43-42(45-41)35-15-9-10-16-39(35)47-43/h4-18,23-28,33H,3,19-22H2,1-2H3. The van der Waals surface area contributed by atoms with Gasteiger partial charge in [0.2, 0.25) is 5.71 Å². The second-order valence-electron chi connectivity index (χ2n) is 14.6. The van der Waals surface area contributed by atoms with Crippen LogP contribution in [0.15, 0.2) is 114 Å². The van der Waals surface area contributed by atoms with E-state index in [4.69, 9.17) is 14.4 Å². The summed E-state index contributed by atoms with van der Waals surface area (Å²) >= 11 is 0. The van der Waals surface area contributed by atoms with Gasteiger partial charge >= 0.3 is 0 Å². The normalized spacial score (nSPS) is 24.6. The summed E-state index contributed by atoms with van der Waals surface area (Å²) in [5.74, 6) is 2.83. The summed E-state index contributed by atoms with van der Waals surface area (Å²) in [5, 5.41) is 3.68. The molecule has 0 N–H and O–H groups in total. The van der Waals surface area contributed by atoms with E-state index < -0.39 is 0 Å². The second-order valence-corrected chi connectivity index (χ2v) is 14.6. The van der Waals surface area contributed by atoms with Crippen LogP contribution in [0.5, 0.6) is 0 Å². The Hall–Kier alpha value is -4.76. The Balaban J connectivity index is 1.25. The van der Waals surface area contributed by atoms with E-state index in [2.05, 4.69) is 111 Å².